The molecule has 0 unspecified atom stereocenters. The molecule has 0 spiro atoms. The maximum Gasteiger partial charge on any atom is 0.411 e. The van der Waals surface area contributed by atoms with Crippen LogP contribution in [0.15, 0.2) is 30.3 Å². The molecule has 0 heterocycles. The summed E-state index contributed by atoms with van der Waals surface area (Å²) >= 11 is 0. The van der Waals surface area contributed by atoms with Crippen LogP contribution in [0.4, 0.5) is 10.5 Å². The van der Waals surface area contributed by atoms with Gasteiger partial charge < -0.3 is 14.2 Å². The van der Waals surface area contributed by atoms with Gasteiger partial charge in [-0.05, 0) is 54.7 Å². The van der Waals surface area contributed by atoms with Gasteiger partial charge in [0.25, 0.3) is 0 Å². The van der Waals surface area contributed by atoms with E-state index >= 15 is 0 Å². The highest BCUT2D eigenvalue weighted by atomic mass is 16.5. The van der Waals surface area contributed by atoms with E-state index in [9.17, 15) is 4.79 Å². The minimum Gasteiger partial charge on any atom is -0.496 e. The molecule has 2 aromatic rings. The first kappa shape index (κ1) is 19.6. The minimum absolute atomic E-state index is 0.279. The van der Waals surface area contributed by atoms with Crippen LogP contribution in [0.5, 0.6) is 11.5 Å². The maximum atomic E-state index is 11.6. The average Bonchev–Trinajstić information content (AvgIpc) is 2.66. The molecule has 0 radical (unpaired) electrons. The molecule has 0 aliphatic carbocycles. The third kappa shape index (κ3) is 4.48. The normalized spacial score (nSPS) is 10.3. The lowest BCUT2D eigenvalue weighted by atomic mass is 10.0. The topological polar surface area (TPSA) is 56.8 Å². The Kier molecular flexibility index (Phi) is 6.89. The van der Waals surface area contributed by atoms with Crippen molar-refractivity contribution in [3.63, 3.8) is 0 Å². The van der Waals surface area contributed by atoms with E-state index < -0.39 is 6.09 Å². The van der Waals surface area contributed by atoms with Crippen molar-refractivity contribution in [3.05, 3.63) is 52.6 Å². The molecule has 0 bridgehead atoms. The third-order valence-electron chi connectivity index (χ3n) is 4.43. The fraction of sp³-hybridized carbons (Fsp3) is 0.381. The van der Waals surface area contributed by atoms with Gasteiger partial charge >= 0.3 is 6.09 Å². The molecule has 0 saturated carbocycles. The number of amides is 1. The number of anilines is 1. The van der Waals surface area contributed by atoms with Crippen molar-refractivity contribution in [1.82, 2.24) is 0 Å². The summed E-state index contributed by atoms with van der Waals surface area (Å²) < 4.78 is 16.2. The van der Waals surface area contributed by atoms with E-state index in [1.807, 2.05) is 12.1 Å². The maximum absolute atomic E-state index is 11.6. The molecule has 1 amide bonds. The molecule has 1 N–H and O–H groups in total. The number of methoxy groups -OCH3 is 2. The van der Waals surface area contributed by atoms with Crippen LogP contribution >= 0.6 is 0 Å². The second-order valence-electron chi connectivity index (χ2n) is 5.99. The second-order valence-corrected chi connectivity index (χ2v) is 5.99. The molecule has 0 fully saturated rings. The zero-order valence-electron chi connectivity index (χ0n) is 16.1. The fourth-order valence-electron chi connectivity index (χ4n) is 2.90. The van der Waals surface area contributed by atoms with Gasteiger partial charge in [-0.1, -0.05) is 26.0 Å². The Bertz CT molecular complexity index is 771. The van der Waals surface area contributed by atoms with E-state index in [0.29, 0.717) is 11.4 Å². The van der Waals surface area contributed by atoms with E-state index in [1.165, 1.54) is 23.8 Å². The summed E-state index contributed by atoms with van der Waals surface area (Å²) in [4.78, 5) is 11.6. The Labute approximate surface area is 155 Å². The first-order chi connectivity index (χ1) is 12.5. The molecule has 0 aromatic heterocycles. The van der Waals surface area contributed by atoms with E-state index in [2.05, 4.69) is 38.2 Å². The lowest BCUT2D eigenvalue weighted by Crippen LogP contribution is -2.14. The largest absolute Gasteiger partial charge is 0.496 e. The van der Waals surface area contributed by atoms with Gasteiger partial charge in [0.15, 0.2) is 0 Å². The molecule has 0 atom stereocenters. The van der Waals surface area contributed by atoms with Crippen molar-refractivity contribution in [3.8, 4) is 11.5 Å². The Morgan fingerprint density at radius 2 is 1.77 bits per heavy atom. The summed E-state index contributed by atoms with van der Waals surface area (Å²) in [5.41, 5.74) is 5.09. The summed E-state index contributed by atoms with van der Waals surface area (Å²) in [6.45, 7) is 6.64. The van der Waals surface area contributed by atoms with Gasteiger partial charge in [-0.25, -0.2) is 4.79 Å². The van der Waals surface area contributed by atoms with Crippen LogP contribution < -0.4 is 14.8 Å². The summed E-state index contributed by atoms with van der Waals surface area (Å²) in [7, 11) is 2.93. The van der Waals surface area contributed by atoms with Crippen molar-refractivity contribution in [2.45, 2.75) is 40.2 Å². The van der Waals surface area contributed by atoms with Gasteiger partial charge in [-0.3, -0.25) is 5.32 Å². The van der Waals surface area contributed by atoms with Crippen LogP contribution in [0.2, 0.25) is 0 Å². The molecule has 26 heavy (non-hydrogen) atoms. The Morgan fingerprint density at radius 1 is 1.04 bits per heavy atom. The lowest BCUT2D eigenvalue weighted by molar-refractivity contribution is 0.187. The monoisotopic (exact) mass is 357 g/mol. The van der Waals surface area contributed by atoms with Gasteiger partial charge in [-0.15, -0.1) is 0 Å². The molecule has 5 nitrogen and oxygen atoms in total. The van der Waals surface area contributed by atoms with E-state index in [1.54, 1.807) is 13.2 Å². The number of carbonyl (C=O) groups excluding carboxylic acids is 1. The van der Waals surface area contributed by atoms with Crippen molar-refractivity contribution in [2.24, 2.45) is 0 Å². The Hall–Kier alpha value is -2.69. The van der Waals surface area contributed by atoms with E-state index in [-0.39, 0.29) is 6.61 Å². The standard InChI is InChI=1S/C21H27NO4/c1-6-15-12-16(7-2)20(11-14(15)3)26-13-17-18(22-21(23)25-5)9-8-10-19(17)24-4/h8-12H,6-7,13H2,1-5H3,(H,22,23). The predicted molar refractivity (Wildman–Crippen MR) is 103 cm³/mol. The van der Waals surface area contributed by atoms with Crippen molar-refractivity contribution in [2.75, 3.05) is 19.5 Å². The molecule has 140 valence electrons. The number of ether oxygens (including phenoxy) is 3. The van der Waals surface area contributed by atoms with Crippen molar-refractivity contribution >= 4 is 11.8 Å². The Balaban J connectivity index is 2.31. The quantitative estimate of drug-likeness (QED) is 0.767. The second kappa shape index (κ2) is 9.13. The summed E-state index contributed by atoms with van der Waals surface area (Å²) in [6, 6.07) is 9.74. The Morgan fingerprint density at radius 3 is 2.38 bits per heavy atom. The number of hydrogen-bond acceptors (Lipinski definition) is 4. The fourth-order valence-corrected chi connectivity index (χ4v) is 2.90. The lowest BCUT2D eigenvalue weighted by Gasteiger charge is -2.17. The molecule has 0 aliphatic rings. The zero-order valence-corrected chi connectivity index (χ0v) is 16.1. The zero-order chi connectivity index (χ0) is 19.1. The predicted octanol–water partition coefficient (Wildman–Crippen LogP) is 4.89. The number of aryl methyl sites for hydroxylation is 3. The van der Waals surface area contributed by atoms with E-state index in [4.69, 9.17) is 14.2 Å². The summed E-state index contributed by atoms with van der Waals surface area (Å²) in [6.07, 6.45) is 1.36. The van der Waals surface area contributed by atoms with E-state index in [0.717, 1.165) is 24.2 Å². The van der Waals surface area contributed by atoms with Crippen LogP contribution in [0.25, 0.3) is 0 Å². The van der Waals surface area contributed by atoms with Crippen molar-refractivity contribution in [1.29, 1.82) is 0 Å². The first-order valence-corrected chi connectivity index (χ1v) is 8.80. The number of rotatable bonds is 7. The molecule has 5 heteroatoms. The summed E-state index contributed by atoms with van der Waals surface area (Å²) in [5, 5.41) is 2.71. The molecule has 2 aromatic carbocycles. The van der Waals surface area contributed by atoms with Gasteiger partial charge in [0.05, 0.1) is 25.5 Å². The minimum atomic E-state index is -0.531. The number of carbonyl (C=O) groups is 1. The smallest absolute Gasteiger partial charge is 0.411 e. The average molecular weight is 357 g/mol. The van der Waals surface area contributed by atoms with Crippen LogP contribution in [0, 0.1) is 6.92 Å². The highest BCUT2D eigenvalue weighted by molar-refractivity contribution is 5.86. The van der Waals surface area contributed by atoms with Gasteiger partial charge in [0.2, 0.25) is 0 Å². The molecule has 0 aliphatic heterocycles. The number of hydrogen-bond donors (Lipinski definition) is 1. The van der Waals surface area contributed by atoms with Gasteiger partial charge in [-0.2, -0.15) is 0 Å². The highest BCUT2D eigenvalue weighted by Crippen LogP contribution is 2.30. The van der Waals surface area contributed by atoms with Gasteiger partial charge in [0, 0.05) is 0 Å². The third-order valence-corrected chi connectivity index (χ3v) is 4.43. The van der Waals surface area contributed by atoms with Crippen LogP contribution in [-0.2, 0) is 24.2 Å². The van der Waals surface area contributed by atoms with Gasteiger partial charge in [0.1, 0.15) is 18.1 Å². The molecule has 0 saturated heterocycles. The highest BCUT2D eigenvalue weighted by Gasteiger charge is 2.14. The first-order valence-electron chi connectivity index (χ1n) is 8.80. The molecular weight excluding hydrogens is 330 g/mol. The van der Waals surface area contributed by atoms with Crippen LogP contribution in [0.1, 0.15) is 36.1 Å². The molecule has 2 rings (SSSR count). The number of nitrogens with one attached hydrogen (secondary N) is 1. The SMILES string of the molecule is CCc1cc(CC)c(OCc2c(NC(=O)OC)cccc2OC)cc1C. The summed E-state index contributed by atoms with van der Waals surface area (Å²) in [5.74, 6) is 1.51. The van der Waals surface area contributed by atoms with Crippen LogP contribution in [-0.4, -0.2) is 20.3 Å². The number of benzene rings is 2. The van der Waals surface area contributed by atoms with Crippen LogP contribution in [0.3, 0.4) is 0 Å². The van der Waals surface area contributed by atoms with Crippen molar-refractivity contribution < 1.29 is 19.0 Å². The molecular formula is C21H27NO4.